The summed E-state index contributed by atoms with van der Waals surface area (Å²) < 4.78 is 0. The molecule has 0 N–H and O–H groups in total. The van der Waals surface area contributed by atoms with Crippen LogP contribution in [0, 0.1) is 5.92 Å². The molecule has 0 atom stereocenters. The van der Waals surface area contributed by atoms with Crippen molar-refractivity contribution in [1.82, 2.24) is 0 Å². The van der Waals surface area contributed by atoms with Gasteiger partial charge in [-0.15, -0.1) is 0 Å². The Hall–Kier alpha value is -0.490. The first-order valence-electron chi connectivity index (χ1n) is 6.50. The largest absolute Gasteiger partial charge is 0.0843 e. The van der Waals surface area contributed by atoms with Gasteiger partial charge in [-0.05, 0) is 36.5 Å². The van der Waals surface area contributed by atoms with Crippen LogP contribution in [0.5, 0.6) is 0 Å². The van der Waals surface area contributed by atoms with Gasteiger partial charge in [0.1, 0.15) is 0 Å². The number of benzene rings is 1. The van der Waals surface area contributed by atoms with Crippen LogP contribution in [0.25, 0.3) is 0 Å². The summed E-state index contributed by atoms with van der Waals surface area (Å²) in [5.41, 5.74) is 1.38. The van der Waals surface area contributed by atoms with Crippen molar-refractivity contribution in [3.63, 3.8) is 0 Å². The Morgan fingerprint density at radius 2 is 1.75 bits per heavy atom. The van der Waals surface area contributed by atoms with Gasteiger partial charge in [0.15, 0.2) is 0 Å². The van der Waals surface area contributed by atoms with E-state index in [1.165, 1.54) is 44.1 Å². The topological polar surface area (TPSA) is 0 Å². The molecule has 1 aromatic rings. The highest BCUT2D eigenvalue weighted by atomic mass is 35.5. The van der Waals surface area contributed by atoms with Gasteiger partial charge < -0.3 is 0 Å². The molecule has 0 radical (unpaired) electrons. The lowest BCUT2D eigenvalue weighted by molar-refractivity contribution is 0.411. The molecular formula is C15H23Cl. The fourth-order valence-corrected chi connectivity index (χ4v) is 2.53. The molecule has 1 rings (SSSR count). The van der Waals surface area contributed by atoms with Gasteiger partial charge in [0.05, 0.1) is 0 Å². The number of aryl methyl sites for hydroxylation is 1. The highest BCUT2D eigenvalue weighted by molar-refractivity contribution is 6.30. The average molecular weight is 239 g/mol. The molecule has 0 saturated carbocycles. The van der Waals surface area contributed by atoms with E-state index in [-0.39, 0.29) is 0 Å². The predicted octanol–water partition coefficient (Wildman–Crippen LogP) is 5.49. The number of halogens is 1. The zero-order valence-corrected chi connectivity index (χ0v) is 11.3. The standard InChI is InChI=1S/C15H23Cl/c1-3-6-13(7-4-2)10-11-14-8-5-9-15(16)12-14/h5,8-9,12-13H,3-4,6-7,10-11H2,1-2H3. The Morgan fingerprint density at radius 3 is 2.31 bits per heavy atom. The first kappa shape index (κ1) is 13.6. The van der Waals surface area contributed by atoms with Crippen LogP contribution in [0.3, 0.4) is 0 Å². The van der Waals surface area contributed by atoms with E-state index in [9.17, 15) is 0 Å². The van der Waals surface area contributed by atoms with E-state index in [4.69, 9.17) is 11.6 Å². The smallest absolute Gasteiger partial charge is 0.0408 e. The Bertz CT molecular complexity index is 287. The van der Waals surface area contributed by atoms with Gasteiger partial charge in [0, 0.05) is 5.02 Å². The molecule has 0 bridgehead atoms. The Morgan fingerprint density at radius 1 is 1.06 bits per heavy atom. The molecule has 90 valence electrons. The monoisotopic (exact) mass is 238 g/mol. The second-order valence-corrected chi connectivity index (χ2v) is 5.05. The van der Waals surface area contributed by atoms with Crippen molar-refractivity contribution in [3.8, 4) is 0 Å². The summed E-state index contributed by atoms with van der Waals surface area (Å²) in [5, 5.41) is 0.861. The van der Waals surface area contributed by atoms with Gasteiger partial charge in [-0.1, -0.05) is 63.3 Å². The van der Waals surface area contributed by atoms with Crippen molar-refractivity contribution >= 4 is 11.6 Å². The van der Waals surface area contributed by atoms with Crippen molar-refractivity contribution in [2.24, 2.45) is 5.92 Å². The zero-order chi connectivity index (χ0) is 11.8. The molecule has 0 amide bonds. The SMILES string of the molecule is CCCC(CCC)CCc1cccc(Cl)c1. The van der Waals surface area contributed by atoms with E-state index in [0.29, 0.717) is 0 Å². The first-order chi connectivity index (χ1) is 7.76. The highest BCUT2D eigenvalue weighted by Crippen LogP contribution is 2.21. The molecule has 0 nitrogen and oxygen atoms in total. The molecule has 0 heterocycles. The summed E-state index contributed by atoms with van der Waals surface area (Å²) >= 11 is 5.98. The third-order valence-electron chi connectivity index (χ3n) is 3.12. The van der Waals surface area contributed by atoms with Crippen molar-refractivity contribution in [2.75, 3.05) is 0 Å². The number of hydrogen-bond acceptors (Lipinski definition) is 0. The minimum Gasteiger partial charge on any atom is -0.0843 e. The summed E-state index contributed by atoms with van der Waals surface area (Å²) in [7, 11) is 0. The molecular weight excluding hydrogens is 216 g/mol. The Balaban J connectivity index is 2.41. The van der Waals surface area contributed by atoms with E-state index < -0.39 is 0 Å². The molecule has 0 aliphatic rings. The van der Waals surface area contributed by atoms with Gasteiger partial charge in [-0.3, -0.25) is 0 Å². The van der Waals surface area contributed by atoms with Crippen LogP contribution in [0.15, 0.2) is 24.3 Å². The van der Waals surface area contributed by atoms with Gasteiger partial charge >= 0.3 is 0 Å². The third-order valence-corrected chi connectivity index (χ3v) is 3.36. The summed E-state index contributed by atoms with van der Waals surface area (Å²) in [6.45, 7) is 4.56. The lowest BCUT2D eigenvalue weighted by atomic mass is 9.91. The summed E-state index contributed by atoms with van der Waals surface area (Å²) in [5.74, 6) is 0.897. The second-order valence-electron chi connectivity index (χ2n) is 4.61. The Kier molecular flexibility index (Phi) is 6.56. The molecule has 0 spiro atoms. The first-order valence-corrected chi connectivity index (χ1v) is 6.88. The van der Waals surface area contributed by atoms with Crippen LogP contribution in [0.1, 0.15) is 51.5 Å². The van der Waals surface area contributed by atoms with Crippen molar-refractivity contribution in [3.05, 3.63) is 34.9 Å². The maximum atomic E-state index is 5.98. The lowest BCUT2D eigenvalue weighted by Gasteiger charge is -2.14. The molecule has 1 heteroatoms. The molecule has 0 saturated heterocycles. The second kappa shape index (κ2) is 7.73. The summed E-state index contributed by atoms with van der Waals surface area (Å²) in [4.78, 5) is 0. The van der Waals surface area contributed by atoms with Crippen LogP contribution >= 0.6 is 11.6 Å². The van der Waals surface area contributed by atoms with Crippen molar-refractivity contribution in [2.45, 2.75) is 52.4 Å². The quantitative estimate of drug-likeness (QED) is 0.589. The van der Waals surface area contributed by atoms with Crippen molar-refractivity contribution in [1.29, 1.82) is 0 Å². The van der Waals surface area contributed by atoms with Gasteiger partial charge in [-0.25, -0.2) is 0 Å². The third kappa shape index (κ3) is 5.03. The predicted molar refractivity (Wildman–Crippen MR) is 73.1 cm³/mol. The number of rotatable bonds is 7. The fourth-order valence-electron chi connectivity index (χ4n) is 2.31. The van der Waals surface area contributed by atoms with Crippen LogP contribution < -0.4 is 0 Å². The molecule has 0 unspecified atom stereocenters. The van der Waals surface area contributed by atoms with Crippen LogP contribution in [-0.4, -0.2) is 0 Å². The maximum absolute atomic E-state index is 5.98. The summed E-state index contributed by atoms with van der Waals surface area (Å²) in [6.07, 6.45) is 7.83. The highest BCUT2D eigenvalue weighted by Gasteiger charge is 2.06. The maximum Gasteiger partial charge on any atom is 0.0408 e. The fraction of sp³-hybridized carbons (Fsp3) is 0.600. The summed E-state index contributed by atoms with van der Waals surface area (Å²) in [6, 6.07) is 8.27. The van der Waals surface area contributed by atoms with Gasteiger partial charge in [0.25, 0.3) is 0 Å². The van der Waals surface area contributed by atoms with Crippen molar-refractivity contribution < 1.29 is 0 Å². The zero-order valence-electron chi connectivity index (χ0n) is 10.5. The van der Waals surface area contributed by atoms with E-state index in [0.717, 1.165) is 10.9 Å². The van der Waals surface area contributed by atoms with Gasteiger partial charge in [-0.2, -0.15) is 0 Å². The Labute approximate surface area is 105 Å². The molecule has 16 heavy (non-hydrogen) atoms. The van der Waals surface area contributed by atoms with E-state index in [1.54, 1.807) is 0 Å². The van der Waals surface area contributed by atoms with Crippen LogP contribution in [0.2, 0.25) is 5.02 Å². The normalized spacial score (nSPS) is 11.0. The lowest BCUT2D eigenvalue weighted by Crippen LogP contribution is -2.01. The van der Waals surface area contributed by atoms with Crippen LogP contribution in [-0.2, 0) is 6.42 Å². The number of hydrogen-bond donors (Lipinski definition) is 0. The van der Waals surface area contributed by atoms with E-state index in [2.05, 4.69) is 26.0 Å². The molecule has 1 aromatic carbocycles. The minimum atomic E-state index is 0.861. The molecule has 0 aliphatic carbocycles. The van der Waals surface area contributed by atoms with E-state index in [1.807, 2.05) is 12.1 Å². The van der Waals surface area contributed by atoms with E-state index >= 15 is 0 Å². The molecule has 0 aliphatic heterocycles. The van der Waals surface area contributed by atoms with Crippen LogP contribution in [0.4, 0.5) is 0 Å². The minimum absolute atomic E-state index is 0.861. The van der Waals surface area contributed by atoms with Gasteiger partial charge in [0.2, 0.25) is 0 Å². The average Bonchev–Trinajstić information content (AvgIpc) is 2.27. The molecule has 0 aromatic heterocycles. The molecule has 0 fully saturated rings.